The summed E-state index contributed by atoms with van der Waals surface area (Å²) in [4.78, 5) is 25.7. The molecule has 7 heteroatoms. The average Bonchev–Trinajstić information content (AvgIpc) is 2.86. The molecule has 2 unspecified atom stereocenters. The summed E-state index contributed by atoms with van der Waals surface area (Å²) >= 11 is 0. The van der Waals surface area contributed by atoms with Gasteiger partial charge in [-0.3, -0.25) is 10.1 Å². The Labute approximate surface area is 102 Å². The molecule has 2 atom stereocenters. The SMILES string of the molecule is COC(=O)C1N=COC1c1ccccc1[N+](=O)[O-]. The van der Waals surface area contributed by atoms with Crippen molar-refractivity contribution in [3.63, 3.8) is 0 Å². The molecule has 2 rings (SSSR count). The number of ether oxygens (including phenoxy) is 2. The second-order valence-corrected chi connectivity index (χ2v) is 3.60. The molecule has 0 aliphatic carbocycles. The Morgan fingerprint density at radius 2 is 2.22 bits per heavy atom. The fraction of sp³-hybridized carbons (Fsp3) is 0.273. The molecule has 7 nitrogen and oxygen atoms in total. The van der Waals surface area contributed by atoms with Gasteiger partial charge in [0.2, 0.25) is 0 Å². The lowest BCUT2D eigenvalue weighted by Crippen LogP contribution is -2.25. The molecule has 1 aliphatic rings. The van der Waals surface area contributed by atoms with Crippen molar-refractivity contribution in [3.8, 4) is 0 Å². The Bertz CT molecular complexity index is 514. The summed E-state index contributed by atoms with van der Waals surface area (Å²) in [5, 5.41) is 10.9. The zero-order valence-corrected chi connectivity index (χ0v) is 9.48. The molecule has 0 N–H and O–H groups in total. The topological polar surface area (TPSA) is 91.0 Å². The number of benzene rings is 1. The molecule has 0 spiro atoms. The van der Waals surface area contributed by atoms with Crippen LogP contribution in [0.4, 0.5) is 5.69 Å². The molecular weight excluding hydrogens is 240 g/mol. The first-order chi connectivity index (χ1) is 8.65. The van der Waals surface area contributed by atoms with Crippen molar-refractivity contribution in [1.29, 1.82) is 0 Å². The molecule has 0 bridgehead atoms. The quantitative estimate of drug-likeness (QED) is 0.457. The molecule has 1 heterocycles. The highest BCUT2D eigenvalue weighted by molar-refractivity contribution is 5.80. The van der Waals surface area contributed by atoms with E-state index >= 15 is 0 Å². The van der Waals surface area contributed by atoms with Crippen molar-refractivity contribution in [2.24, 2.45) is 4.99 Å². The highest BCUT2D eigenvalue weighted by atomic mass is 16.6. The van der Waals surface area contributed by atoms with E-state index < -0.39 is 23.0 Å². The lowest BCUT2D eigenvalue weighted by atomic mass is 10.0. The third kappa shape index (κ3) is 2.02. The van der Waals surface area contributed by atoms with Gasteiger partial charge in [0.1, 0.15) is 0 Å². The maximum atomic E-state index is 11.5. The normalized spacial score (nSPS) is 21.4. The maximum absolute atomic E-state index is 11.5. The van der Waals surface area contributed by atoms with Gasteiger partial charge in [0.15, 0.2) is 18.5 Å². The van der Waals surface area contributed by atoms with Gasteiger partial charge in [-0.15, -0.1) is 0 Å². The molecule has 0 radical (unpaired) electrons. The van der Waals surface area contributed by atoms with Gasteiger partial charge in [0.25, 0.3) is 5.69 Å². The molecular formula is C11H10N2O5. The van der Waals surface area contributed by atoms with E-state index in [1.165, 1.54) is 19.2 Å². The minimum absolute atomic E-state index is 0.109. The predicted molar refractivity (Wildman–Crippen MR) is 61.2 cm³/mol. The number of para-hydroxylation sites is 1. The summed E-state index contributed by atoms with van der Waals surface area (Å²) in [7, 11) is 1.23. The number of nitrogens with zero attached hydrogens (tertiary/aromatic N) is 2. The van der Waals surface area contributed by atoms with Gasteiger partial charge >= 0.3 is 5.97 Å². The number of hydrogen-bond donors (Lipinski definition) is 0. The molecule has 1 aliphatic heterocycles. The van der Waals surface area contributed by atoms with Crippen molar-refractivity contribution < 1.29 is 19.2 Å². The Kier molecular flexibility index (Phi) is 3.22. The average molecular weight is 250 g/mol. The van der Waals surface area contributed by atoms with Crippen LogP contribution in [0.25, 0.3) is 0 Å². The van der Waals surface area contributed by atoms with Crippen molar-refractivity contribution >= 4 is 18.1 Å². The van der Waals surface area contributed by atoms with E-state index in [0.717, 1.165) is 6.40 Å². The molecule has 0 saturated carbocycles. The number of nitro benzene ring substituents is 1. The molecule has 0 saturated heterocycles. The molecule has 1 aromatic rings. The first-order valence-electron chi connectivity index (χ1n) is 5.13. The van der Waals surface area contributed by atoms with E-state index in [-0.39, 0.29) is 5.69 Å². The number of methoxy groups -OCH3 is 1. The molecule has 0 amide bonds. The Hall–Kier alpha value is -2.44. The molecule has 0 fully saturated rings. The molecule has 1 aromatic carbocycles. The van der Waals surface area contributed by atoms with Crippen LogP contribution in [0.1, 0.15) is 11.7 Å². The summed E-state index contributed by atoms with van der Waals surface area (Å²) in [5.41, 5.74) is 0.192. The van der Waals surface area contributed by atoms with Crippen LogP contribution in [0.15, 0.2) is 29.3 Å². The monoisotopic (exact) mass is 250 g/mol. The molecule has 94 valence electrons. The number of aliphatic imine (C=N–C) groups is 1. The van der Waals surface area contributed by atoms with E-state index in [4.69, 9.17) is 4.74 Å². The van der Waals surface area contributed by atoms with Gasteiger partial charge < -0.3 is 9.47 Å². The van der Waals surface area contributed by atoms with Crippen LogP contribution >= 0.6 is 0 Å². The highest BCUT2D eigenvalue weighted by Crippen LogP contribution is 2.33. The van der Waals surface area contributed by atoms with Crippen LogP contribution in [0.3, 0.4) is 0 Å². The van der Waals surface area contributed by atoms with Gasteiger partial charge in [-0.05, 0) is 6.07 Å². The van der Waals surface area contributed by atoms with E-state index in [9.17, 15) is 14.9 Å². The standard InChI is InChI=1S/C11H10N2O5/c1-17-11(14)9-10(18-6-12-9)7-4-2-3-5-8(7)13(15)16/h2-6,9-10H,1H3. The van der Waals surface area contributed by atoms with Crippen molar-refractivity contribution in [2.75, 3.05) is 7.11 Å². The predicted octanol–water partition coefficient (Wildman–Crippen LogP) is 1.24. The van der Waals surface area contributed by atoms with E-state index in [2.05, 4.69) is 9.73 Å². The fourth-order valence-electron chi connectivity index (χ4n) is 1.76. The zero-order chi connectivity index (χ0) is 13.1. The van der Waals surface area contributed by atoms with Crippen LogP contribution in [-0.2, 0) is 14.3 Å². The number of rotatable bonds is 3. The van der Waals surface area contributed by atoms with Crippen LogP contribution in [0.2, 0.25) is 0 Å². The number of esters is 1. The second kappa shape index (κ2) is 4.82. The van der Waals surface area contributed by atoms with Gasteiger partial charge in [-0.1, -0.05) is 12.1 Å². The van der Waals surface area contributed by atoms with Gasteiger partial charge in [-0.25, -0.2) is 9.79 Å². The smallest absolute Gasteiger partial charge is 0.335 e. The summed E-state index contributed by atoms with van der Waals surface area (Å²) < 4.78 is 9.75. The first-order valence-corrected chi connectivity index (χ1v) is 5.13. The minimum atomic E-state index is -0.906. The summed E-state index contributed by atoms with van der Waals surface area (Å²) in [6.45, 7) is 0. The Morgan fingerprint density at radius 1 is 1.50 bits per heavy atom. The lowest BCUT2D eigenvalue weighted by Gasteiger charge is -2.15. The van der Waals surface area contributed by atoms with Crippen molar-refractivity contribution in [1.82, 2.24) is 0 Å². The van der Waals surface area contributed by atoms with E-state index in [0.29, 0.717) is 5.56 Å². The fourth-order valence-corrected chi connectivity index (χ4v) is 1.76. The molecule has 18 heavy (non-hydrogen) atoms. The third-order valence-corrected chi connectivity index (χ3v) is 2.60. The van der Waals surface area contributed by atoms with Crippen molar-refractivity contribution in [2.45, 2.75) is 12.1 Å². The number of hydrogen-bond acceptors (Lipinski definition) is 6. The van der Waals surface area contributed by atoms with E-state index in [1.807, 2.05) is 0 Å². The number of carbonyl (C=O) groups is 1. The maximum Gasteiger partial charge on any atom is 0.335 e. The van der Waals surface area contributed by atoms with E-state index in [1.54, 1.807) is 12.1 Å². The zero-order valence-electron chi connectivity index (χ0n) is 9.48. The first kappa shape index (κ1) is 12.0. The van der Waals surface area contributed by atoms with Crippen LogP contribution in [0, 0.1) is 10.1 Å². The second-order valence-electron chi connectivity index (χ2n) is 3.60. The third-order valence-electron chi connectivity index (χ3n) is 2.60. The highest BCUT2D eigenvalue weighted by Gasteiger charge is 2.38. The van der Waals surface area contributed by atoms with Crippen LogP contribution < -0.4 is 0 Å². The van der Waals surface area contributed by atoms with Gasteiger partial charge in [0, 0.05) is 6.07 Å². The van der Waals surface area contributed by atoms with Gasteiger partial charge in [0.05, 0.1) is 17.6 Å². The van der Waals surface area contributed by atoms with Crippen LogP contribution in [0.5, 0.6) is 0 Å². The number of nitro groups is 1. The van der Waals surface area contributed by atoms with Gasteiger partial charge in [-0.2, -0.15) is 0 Å². The molecule has 0 aromatic heterocycles. The number of carbonyl (C=O) groups excluding carboxylic acids is 1. The Morgan fingerprint density at radius 3 is 2.89 bits per heavy atom. The minimum Gasteiger partial charge on any atom is -0.472 e. The lowest BCUT2D eigenvalue weighted by molar-refractivity contribution is -0.386. The largest absolute Gasteiger partial charge is 0.472 e. The summed E-state index contributed by atoms with van der Waals surface area (Å²) in [6.07, 6.45) is 0.294. The van der Waals surface area contributed by atoms with Crippen LogP contribution in [-0.4, -0.2) is 30.4 Å². The Balaban J connectivity index is 2.37. The van der Waals surface area contributed by atoms with Crippen molar-refractivity contribution in [3.05, 3.63) is 39.9 Å². The summed E-state index contributed by atoms with van der Waals surface area (Å²) in [6, 6.07) is 5.16. The summed E-state index contributed by atoms with van der Waals surface area (Å²) in [5.74, 6) is -0.591.